The van der Waals surface area contributed by atoms with Gasteiger partial charge in [-0.1, -0.05) is 0 Å². The first-order chi connectivity index (χ1) is 9.15. The lowest BCUT2D eigenvalue weighted by atomic mass is 9.95. The minimum atomic E-state index is -0.417. The summed E-state index contributed by atoms with van der Waals surface area (Å²) in [6, 6.07) is 0. The summed E-state index contributed by atoms with van der Waals surface area (Å²) in [5.74, 6) is 0.204. The van der Waals surface area contributed by atoms with Crippen LogP contribution in [0.25, 0.3) is 11.5 Å². The van der Waals surface area contributed by atoms with Crippen molar-refractivity contribution in [2.75, 3.05) is 5.32 Å². The fourth-order valence-corrected chi connectivity index (χ4v) is 4.06. The van der Waals surface area contributed by atoms with Crippen molar-refractivity contribution in [2.24, 2.45) is 0 Å². The second kappa shape index (κ2) is 4.90. The summed E-state index contributed by atoms with van der Waals surface area (Å²) < 4.78 is 9.18. The molecular formula is C12H12N2O3S2. The van der Waals surface area contributed by atoms with Crippen LogP contribution in [0.15, 0.2) is 9.21 Å². The first kappa shape index (κ1) is 12.6. The SMILES string of the molecule is CC(=O)Nc1sc2c(c1-c1nsc(=O)o1)CCCC2. The van der Waals surface area contributed by atoms with Crippen molar-refractivity contribution >= 4 is 33.8 Å². The summed E-state index contributed by atoms with van der Waals surface area (Å²) in [5, 5.41) is 3.56. The van der Waals surface area contributed by atoms with E-state index >= 15 is 0 Å². The minimum absolute atomic E-state index is 0.127. The summed E-state index contributed by atoms with van der Waals surface area (Å²) in [5.41, 5.74) is 1.97. The topological polar surface area (TPSA) is 72.2 Å². The fraction of sp³-hybridized carbons (Fsp3) is 0.417. The van der Waals surface area contributed by atoms with Crippen molar-refractivity contribution in [3.63, 3.8) is 0 Å². The molecule has 1 N–H and O–H groups in total. The molecule has 7 heteroatoms. The highest BCUT2D eigenvalue weighted by molar-refractivity contribution is 7.17. The van der Waals surface area contributed by atoms with Gasteiger partial charge in [0, 0.05) is 11.8 Å². The predicted molar refractivity (Wildman–Crippen MR) is 74.9 cm³/mol. The van der Waals surface area contributed by atoms with Gasteiger partial charge in [-0.05, 0) is 31.2 Å². The molecule has 0 fully saturated rings. The quantitative estimate of drug-likeness (QED) is 0.924. The van der Waals surface area contributed by atoms with E-state index in [4.69, 9.17) is 4.42 Å². The van der Waals surface area contributed by atoms with Gasteiger partial charge in [0.15, 0.2) is 0 Å². The molecule has 2 aromatic heterocycles. The van der Waals surface area contributed by atoms with Crippen molar-refractivity contribution in [3.8, 4) is 11.5 Å². The van der Waals surface area contributed by atoms with Crippen LogP contribution in [0.1, 0.15) is 30.2 Å². The number of amides is 1. The highest BCUT2D eigenvalue weighted by atomic mass is 32.1. The summed E-state index contributed by atoms with van der Waals surface area (Å²) in [6.45, 7) is 1.47. The zero-order valence-electron chi connectivity index (χ0n) is 10.3. The number of aromatic nitrogens is 1. The van der Waals surface area contributed by atoms with Crippen LogP contribution in [0.3, 0.4) is 0 Å². The third kappa shape index (κ3) is 2.35. The first-order valence-corrected chi connectivity index (χ1v) is 7.63. The van der Waals surface area contributed by atoms with Crippen molar-refractivity contribution in [1.82, 2.24) is 4.37 Å². The number of hydrogen-bond acceptors (Lipinski definition) is 6. The van der Waals surface area contributed by atoms with E-state index in [9.17, 15) is 9.59 Å². The van der Waals surface area contributed by atoms with E-state index in [1.807, 2.05) is 0 Å². The molecule has 1 amide bonds. The summed E-state index contributed by atoms with van der Waals surface area (Å²) in [7, 11) is 0. The van der Waals surface area contributed by atoms with Gasteiger partial charge in [-0.2, -0.15) is 0 Å². The molecule has 0 aromatic carbocycles. The van der Waals surface area contributed by atoms with Crippen LogP contribution in [-0.4, -0.2) is 10.3 Å². The molecule has 0 saturated carbocycles. The highest BCUT2D eigenvalue weighted by Crippen LogP contribution is 2.43. The Hall–Kier alpha value is -1.47. The molecule has 0 saturated heterocycles. The third-order valence-electron chi connectivity index (χ3n) is 3.06. The van der Waals surface area contributed by atoms with Crippen LogP contribution < -0.4 is 10.3 Å². The maximum Gasteiger partial charge on any atom is 0.414 e. The number of carbonyl (C=O) groups is 1. The van der Waals surface area contributed by atoms with E-state index in [2.05, 4.69) is 9.69 Å². The maximum atomic E-state index is 11.3. The Balaban J connectivity index is 2.16. The van der Waals surface area contributed by atoms with Crippen LogP contribution in [0.2, 0.25) is 0 Å². The van der Waals surface area contributed by atoms with Gasteiger partial charge >= 0.3 is 4.94 Å². The normalized spacial score (nSPS) is 14.2. The highest BCUT2D eigenvalue weighted by Gasteiger charge is 2.25. The lowest BCUT2D eigenvalue weighted by Crippen LogP contribution is -2.05. The zero-order valence-corrected chi connectivity index (χ0v) is 11.9. The van der Waals surface area contributed by atoms with E-state index in [-0.39, 0.29) is 5.91 Å². The molecule has 0 aliphatic heterocycles. The van der Waals surface area contributed by atoms with Gasteiger partial charge in [0.25, 0.3) is 0 Å². The number of nitrogens with zero attached hydrogens (tertiary/aromatic N) is 1. The largest absolute Gasteiger partial charge is 0.414 e. The molecule has 0 atom stereocenters. The smallest absolute Gasteiger partial charge is 0.394 e. The average Bonchev–Trinajstić information content (AvgIpc) is 2.91. The number of nitrogens with one attached hydrogen (secondary N) is 1. The number of carbonyl (C=O) groups excluding carboxylic acids is 1. The van der Waals surface area contributed by atoms with Gasteiger partial charge in [0.05, 0.1) is 17.1 Å². The van der Waals surface area contributed by atoms with E-state index in [1.165, 1.54) is 17.4 Å². The monoisotopic (exact) mass is 296 g/mol. The summed E-state index contributed by atoms with van der Waals surface area (Å²) in [6.07, 6.45) is 4.24. The second-order valence-electron chi connectivity index (χ2n) is 4.44. The number of thiophene rings is 1. The first-order valence-electron chi connectivity index (χ1n) is 6.04. The van der Waals surface area contributed by atoms with Crippen LogP contribution >= 0.6 is 22.9 Å². The Bertz CT molecular complexity index is 683. The molecule has 0 bridgehead atoms. The zero-order chi connectivity index (χ0) is 13.4. The number of rotatable bonds is 2. The van der Waals surface area contributed by atoms with E-state index in [1.54, 1.807) is 11.3 Å². The molecule has 2 heterocycles. The molecule has 1 aliphatic rings. The van der Waals surface area contributed by atoms with Crippen LogP contribution in [0.4, 0.5) is 5.00 Å². The standard InChI is InChI=1S/C12H12N2O3S2/c1-6(15)13-11-9(10-14-19-12(16)17-10)7-4-2-3-5-8(7)18-11/h2-5H2,1H3,(H,13,15). The van der Waals surface area contributed by atoms with Gasteiger partial charge in [-0.3, -0.25) is 4.79 Å². The Morgan fingerprint density at radius 3 is 2.84 bits per heavy atom. The minimum Gasteiger partial charge on any atom is -0.394 e. The van der Waals surface area contributed by atoms with Crippen molar-refractivity contribution < 1.29 is 9.21 Å². The number of anilines is 1. The summed E-state index contributed by atoms with van der Waals surface area (Å²) >= 11 is 2.37. The Kier molecular flexibility index (Phi) is 3.24. The van der Waals surface area contributed by atoms with E-state index in [0.717, 1.165) is 47.8 Å². The average molecular weight is 296 g/mol. The van der Waals surface area contributed by atoms with Gasteiger partial charge in [0.2, 0.25) is 11.8 Å². The fourth-order valence-electron chi connectivity index (χ4n) is 2.33. The van der Waals surface area contributed by atoms with E-state index < -0.39 is 4.94 Å². The van der Waals surface area contributed by atoms with Gasteiger partial charge in [-0.25, -0.2) is 4.79 Å². The van der Waals surface area contributed by atoms with Crippen LogP contribution in [0, 0.1) is 0 Å². The molecular weight excluding hydrogens is 284 g/mol. The number of fused-ring (bicyclic) bond motifs is 1. The van der Waals surface area contributed by atoms with Gasteiger partial charge in [-0.15, -0.1) is 15.7 Å². The van der Waals surface area contributed by atoms with Crippen molar-refractivity contribution in [2.45, 2.75) is 32.6 Å². The van der Waals surface area contributed by atoms with Crippen LogP contribution in [0.5, 0.6) is 0 Å². The van der Waals surface area contributed by atoms with Gasteiger partial charge in [0.1, 0.15) is 5.00 Å². The molecule has 5 nitrogen and oxygen atoms in total. The Morgan fingerprint density at radius 2 is 2.16 bits per heavy atom. The van der Waals surface area contributed by atoms with E-state index in [0.29, 0.717) is 5.89 Å². The molecule has 0 unspecified atom stereocenters. The molecule has 2 aromatic rings. The van der Waals surface area contributed by atoms with Crippen molar-refractivity contribution in [3.05, 3.63) is 20.2 Å². The molecule has 1 aliphatic carbocycles. The Labute approximate surface area is 117 Å². The predicted octanol–water partition coefficient (Wildman–Crippen LogP) is 2.66. The third-order valence-corrected chi connectivity index (χ3v) is 4.75. The number of hydrogen-bond donors (Lipinski definition) is 1. The molecule has 0 radical (unpaired) electrons. The Morgan fingerprint density at radius 1 is 1.37 bits per heavy atom. The summed E-state index contributed by atoms with van der Waals surface area (Å²) in [4.78, 5) is 23.3. The molecule has 3 rings (SSSR count). The number of aryl methyl sites for hydroxylation is 1. The lowest BCUT2D eigenvalue weighted by Gasteiger charge is -2.11. The molecule has 100 valence electrons. The molecule has 19 heavy (non-hydrogen) atoms. The van der Waals surface area contributed by atoms with Crippen molar-refractivity contribution in [1.29, 1.82) is 0 Å². The lowest BCUT2D eigenvalue weighted by molar-refractivity contribution is -0.114. The second-order valence-corrected chi connectivity index (χ2v) is 6.24. The molecule has 0 spiro atoms. The van der Waals surface area contributed by atoms with Crippen LogP contribution in [-0.2, 0) is 17.6 Å². The maximum absolute atomic E-state index is 11.3. The van der Waals surface area contributed by atoms with Gasteiger partial charge < -0.3 is 9.73 Å².